The number of hydrogen-bond donors (Lipinski definition) is 1. The molecule has 5 rings (SSSR count). The van der Waals surface area contributed by atoms with E-state index in [1.165, 1.54) is 17.2 Å². The standard InChI is InChI=1S/C24H16NO.C6H9O.Ir/c1-16-9-11-17(12-10-16)18-13-14-25-22(15-18)21-7-4-6-20-19-5-2-3-8-23(19)26-24(20)21;1-5(2)4-6(3)7;/h2-6,8-15H,1H3;1,4,7H,2-3H3;/q2*-1;/b;6-4-;. The molecule has 0 saturated heterocycles. The third-order valence-electron chi connectivity index (χ3n) is 5.18. The van der Waals surface area contributed by atoms with Crippen LogP contribution in [0.4, 0.5) is 0 Å². The first-order chi connectivity index (χ1) is 15.9. The second-order valence-corrected chi connectivity index (χ2v) is 8.02. The number of rotatable bonds is 3. The number of furan rings is 1. The van der Waals surface area contributed by atoms with Crippen LogP contribution in [0.15, 0.2) is 101 Å². The first kappa shape index (κ1) is 25.2. The van der Waals surface area contributed by atoms with Crippen LogP contribution in [-0.2, 0) is 20.1 Å². The number of fused-ring (bicyclic) bond motifs is 3. The predicted molar refractivity (Wildman–Crippen MR) is 136 cm³/mol. The Morgan fingerprint density at radius 3 is 2.38 bits per heavy atom. The van der Waals surface area contributed by atoms with E-state index in [-0.39, 0.29) is 25.9 Å². The monoisotopic (exact) mass is 624 g/mol. The maximum Gasteiger partial charge on any atom is 0.120 e. The van der Waals surface area contributed by atoms with Crippen molar-refractivity contribution in [2.75, 3.05) is 0 Å². The molecule has 1 N–H and O–H groups in total. The topological polar surface area (TPSA) is 46.3 Å². The molecule has 0 spiro atoms. The summed E-state index contributed by atoms with van der Waals surface area (Å²) in [7, 11) is 0. The Morgan fingerprint density at radius 1 is 0.971 bits per heavy atom. The van der Waals surface area contributed by atoms with E-state index < -0.39 is 0 Å². The van der Waals surface area contributed by atoms with Gasteiger partial charge in [0.2, 0.25) is 0 Å². The van der Waals surface area contributed by atoms with E-state index in [1.807, 2.05) is 36.5 Å². The Hall–Kier alpha value is -3.46. The minimum atomic E-state index is 0. The fourth-order valence-corrected chi connectivity index (χ4v) is 3.70. The van der Waals surface area contributed by atoms with E-state index in [0.717, 1.165) is 38.8 Å². The molecule has 0 unspecified atom stereocenters. The predicted octanol–water partition coefficient (Wildman–Crippen LogP) is 8.25. The molecule has 0 fully saturated rings. The van der Waals surface area contributed by atoms with Crippen LogP contribution in [0, 0.1) is 19.6 Å². The minimum Gasteiger partial charge on any atom is -0.531 e. The molecule has 4 heteroatoms. The van der Waals surface area contributed by atoms with Crippen LogP contribution in [0.3, 0.4) is 0 Å². The van der Waals surface area contributed by atoms with Gasteiger partial charge in [-0.1, -0.05) is 72.0 Å². The number of allylic oxidation sites excluding steroid dienone is 3. The zero-order valence-electron chi connectivity index (χ0n) is 19.3. The molecule has 173 valence electrons. The molecule has 0 aliphatic carbocycles. The average Bonchev–Trinajstić information content (AvgIpc) is 3.18. The van der Waals surface area contributed by atoms with E-state index >= 15 is 0 Å². The molecule has 1 radical (unpaired) electrons. The molecule has 0 amide bonds. The Bertz CT molecular complexity index is 1460. The third-order valence-corrected chi connectivity index (χ3v) is 5.18. The van der Waals surface area contributed by atoms with Gasteiger partial charge in [-0.25, -0.2) is 5.57 Å². The Morgan fingerprint density at radius 2 is 1.71 bits per heavy atom. The van der Waals surface area contributed by atoms with Gasteiger partial charge in [0.1, 0.15) is 5.58 Å². The van der Waals surface area contributed by atoms with Crippen molar-refractivity contribution in [3.63, 3.8) is 0 Å². The first-order valence-corrected chi connectivity index (χ1v) is 10.7. The molecular weight excluding hydrogens is 599 g/mol. The Balaban J connectivity index is 0.000000357. The number of nitrogens with zero attached hydrogens (tertiary/aromatic N) is 1. The zero-order valence-corrected chi connectivity index (χ0v) is 21.7. The van der Waals surface area contributed by atoms with Crippen molar-refractivity contribution < 1.29 is 29.6 Å². The summed E-state index contributed by atoms with van der Waals surface area (Å²) in [4.78, 5) is 4.58. The molecule has 34 heavy (non-hydrogen) atoms. The summed E-state index contributed by atoms with van der Waals surface area (Å²) in [6.07, 6.45) is 3.35. The quantitative estimate of drug-likeness (QED) is 0.125. The fraction of sp³-hybridized carbons (Fsp3) is 0.100. The van der Waals surface area contributed by atoms with Crippen LogP contribution < -0.4 is 0 Å². The van der Waals surface area contributed by atoms with Gasteiger partial charge in [0.25, 0.3) is 0 Å². The van der Waals surface area contributed by atoms with Gasteiger partial charge in [-0.3, -0.25) is 6.58 Å². The molecule has 2 heterocycles. The van der Waals surface area contributed by atoms with Gasteiger partial charge in [0.05, 0.1) is 5.58 Å². The molecule has 0 saturated carbocycles. The SMILES string of the molecule is Cc1ccc(-c2ccnc(-c3[c-]ccc4c3oc3ccccc34)c2)cc1.[CH-]=C(C)/C=C(/C)O.[Ir]. The number of para-hydroxylation sites is 1. The number of aliphatic hydroxyl groups is 1. The van der Waals surface area contributed by atoms with E-state index in [4.69, 9.17) is 16.1 Å². The summed E-state index contributed by atoms with van der Waals surface area (Å²) in [5, 5.41) is 10.7. The largest absolute Gasteiger partial charge is 0.531 e. The van der Waals surface area contributed by atoms with Gasteiger partial charge in [0.15, 0.2) is 0 Å². The van der Waals surface area contributed by atoms with Crippen molar-refractivity contribution in [1.82, 2.24) is 4.98 Å². The summed E-state index contributed by atoms with van der Waals surface area (Å²) >= 11 is 0. The maximum absolute atomic E-state index is 8.48. The average molecular weight is 624 g/mol. The van der Waals surface area contributed by atoms with Crippen molar-refractivity contribution >= 4 is 21.9 Å². The summed E-state index contributed by atoms with van der Waals surface area (Å²) in [5.41, 5.74) is 7.68. The van der Waals surface area contributed by atoms with Gasteiger partial charge in [-0.05, 0) is 42.8 Å². The maximum atomic E-state index is 8.48. The van der Waals surface area contributed by atoms with E-state index in [1.54, 1.807) is 13.8 Å². The zero-order chi connectivity index (χ0) is 23.4. The van der Waals surface area contributed by atoms with Crippen molar-refractivity contribution in [3.05, 3.63) is 115 Å². The van der Waals surface area contributed by atoms with Crippen LogP contribution in [0.25, 0.3) is 44.3 Å². The molecule has 5 aromatic rings. The van der Waals surface area contributed by atoms with Crippen molar-refractivity contribution in [2.45, 2.75) is 20.8 Å². The Kier molecular flexibility index (Phi) is 8.22. The molecular formula is C30H25IrNO2-2. The molecule has 0 atom stereocenters. The van der Waals surface area contributed by atoms with Crippen molar-refractivity contribution in [1.29, 1.82) is 0 Å². The van der Waals surface area contributed by atoms with E-state index in [2.05, 4.69) is 60.4 Å². The van der Waals surface area contributed by atoms with Gasteiger partial charge in [-0.15, -0.1) is 18.2 Å². The van der Waals surface area contributed by atoms with Gasteiger partial charge in [-0.2, -0.15) is 6.08 Å². The van der Waals surface area contributed by atoms with Gasteiger partial charge in [0, 0.05) is 37.4 Å². The summed E-state index contributed by atoms with van der Waals surface area (Å²) in [6.45, 7) is 10.6. The number of aromatic nitrogens is 1. The molecule has 3 aromatic carbocycles. The first-order valence-electron chi connectivity index (χ1n) is 10.7. The van der Waals surface area contributed by atoms with Crippen LogP contribution in [0.2, 0.25) is 0 Å². The van der Waals surface area contributed by atoms with Crippen LogP contribution >= 0.6 is 0 Å². The van der Waals surface area contributed by atoms with Crippen LogP contribution in [-0.4, -0.2) is 10.1 Å². The summed E-state index contributed by atoms with van der Waals surface area (Å²) in [5.74, 6) is 0.250. The molecule has 2 aromatic heterocycles. The van der Waals surface area contributed by atoms with Gasteiger partial charge >= 0.3 is 0 Å². The molecule has 0 aliphatic heterocycles. The summed E-state index contributed by atoms with van der Waals surface area (Å²) in [6, 6.07) is 28.1. The van der Waals surface area contributed by atoms with Crippen molar-refractivity contribution in [2.24, 2.45) is 0 Å². The van der Waals surface area contributed by atoms with Crippen LogP contribution in [0.1, 0.15) is 19.4 Å². The third kappa shape index (κ3) is 5.72. The van der Waals surface area contributed by atoms with Gasteiger partial charge < -0.3 is 14.5 Å². The molecule has 3 nitrogen and oxygen atoms in total. The van der Waals surface area contributed by atoms with Crippen LogP contribution in [0.5, 0.6) is 0 Å². The number of aryl methyl sites for hydroxylation is 1. The summed E-state index contributed by atoms with van der Waals surface area (Å²) < 4.78 is 6.13. The second kappa shape index (κ2) is 11.1. The Labute approximate surface area is 213 Å². The number of benzene rings is 3. The fourth-order valence-electron chi connectivity index (χ4n) is 3.70. The molecule has 0 bridgehead atoms. The van der Waals surface area contributed by atoms with E-state index in [9.17, 15) is 0 Å². The minimum absolute atomic E-state index is 0. The second-order valence-electron chi connectivity index (χ2n) is 8.02. The normalized spacial score (nSPS) is 11.0. The number of pyridine rings is 1. The smallest absolute Gasteiger partial charge is 0.120 e. The number of aliphatic hydroxyl groups excluding tert-OH is 1. The molecule has 0 aliphatic rings. The number of hydrogen-bond acceptors (Lipinski definition) is 3. The van der Waals surface area contributed by atoms with E-state index in [0.29, 0.717) is 5.57 Å². The van der Waals surface area contributed by atoms with Crippen molar-refractivity contribution in [3.8, 4) is 22.4 Å².